The number of carbonyl (C=O) groups is 1. The number of hydrogen-bond donors (Lipinski definition) is 1. The van der Waals surface area contributed by atoms with E-state index >= 15 is 0 Å². The average Bonchev–Trinajstić information content (AvgIpc) is 3.33. The molecule has 0 atom stereocenters. The van der Waals surface area contributed by atoms with E-state index in [4.69, 9.17) is 0 Å². The number of hydrogen-bond acceptors (Lipinski definition) is 5. The number of carbonyl (C=O) groups excluding carboxylic acids is 1. The van der Waals surface area contributed by atoms with Gasteiger partial charge >= 0.3 is 0 Å². The molecule has 0 fully saturated rings. The normalized spacial score (nSPS) is 13.3. The van der Waals surface area contributed by atoms with Crippen LogP contribution in [0.5, 0.6) is 0 Å². The van der Waals surface area contributed by atoms with Gasteiger partial charge in [0.15, 0.2) is 0 Å². The highest BCUT2D eigenvalue weighted by molar-refractivity contribution is 7.18. The Balaban J connectivity index is 1.34. The molecule has 0 aliphatic heterocycles. The number of aryl methyl sites for hydroxylation is 5. The van der Waals surface area contributed by atoms with Crippen molar-refractivity contribution >= 4 is 33.1 Å². The quantitative estimate of drug-likeness (QED) is 0.498. The fourth-order valence-corrected chi connectivity index (χ4v) is 5.63. The average molecular weight is 448 g/mol. The Morgan fingerprint density at radius 2 is 2.00 bits per heavy atom. The highest BCUT2D eigenvalue weighted by Crippen LogP contribution is 2.33. The molecule has 8 heteroatoms. The molecule has 1 aliphatic carbocycles. The number of para-hydroxylation sites is 2. The zero-order valence-corrected chi connectivity index (χ0v) is 19.0. The van der Waals surface area contributed by atoms with Crippen molar-refractivity contribution in [2.24, 2.45) is 0 Å². The second kappa shape index (κ2) is 8.35. The van der Waals surface area contributed by atoms with Crippen molar-refractivity contribution in [1.82, 2.24) is 19.3 Å². The van der Waals surface area contributed by atoms with Crippen molar-refractivity contribution in [3.05, 3.63) is 68.8 Å². The van der Waals surface area contributed by atoms with E-state index in [2.05, 4.69) is 15.4 Å². The fraction of sp³-hybridized carbons (Fsp3) is 0.333. The maximum Gasteiger partial charge on any atom is 0.262 e. The Kier molecular flexibility index (Phi) is 5.38. The van der Waals surface area contributed by atoms with Crippen molar-refractivity contribution in [2.45, 2.75) is 52.5 Å². The van der Waals surface area contributed by atoms with Gasteiger partial charge in [0.05, 0.1) is 28.8 Å². The standard InChI is InChI=1S/C24H25N5O2S/c1-15-13-16(2)29(27-15)19-9-5-4-8-18(19)26-21(30)11-12-28-14-25-23-22(24(28)31)17-7-3-6-10-20(17)32-23/h4-5,8-9,13-14H,3,6-7,10-12H2,1-2H3,(H,26,30). The van der Waals surface area contributed by atoms with Crippen LogP contribution >= 0.6 is 11.3 Å². The smallest absolute Gasteiger partial charge is 0.262 e. The number of rotatable bonds is 5. The topological polar surface area (TPSA) is 81.8 Å². The summed E-state index contributed by atoms with van der Waals surface area (Å²) >= 11 is 1.64. The first-order chi connectivity index (χ1) is 15.5. The SMILES string of the molecule is Cc1cc(C)n(-c2ccccc2NC(=O)CCn2cnc3sc4c(c3c2=O)CCCC4)n1. The van der Waals surface area contributed by atoms with Gasteiger partial charge in [0.1, 0.15) is 4.83 Å². The summed E-state index contributed by atoms with van der Waals surface area (Å²) in [6.07, 6.45) is 6.03. The number of amides is 1. The zero-order chi connectivity index (χ0) is 22.2. The fourth-order valence-electron chi connectivity index (χ4n) is 4.41. The lowest BCUT2D eigenvalue weighted by molar-refractivity contribution is -0.116. The summed E-state index contributed by atoms with van der Waals surface area (Å²) in [6.45, 7) is 4.22. The molecule has 0 bridgehead atoms. The summed E-state index contributed by atoms with van der Waals surface area (Å²) in [5.74, 6) is -0.154. The molecule has 32 heavy (non-hydrogen) atoms. The summed E-state index contributed by atoms with van der Waals surface area (Å²) in [5, 5.41) is 8.26. The first-order valence-electron chi connectivity index (χ1n) is 10.9. The van der Waals surface area contributed by atoms with Crippen LogP contribution in [0.3, 0.4) is 0 Å². The van der Waals surface area contributed by atoms with Gasteiger partial charge in [-0.05, 0) is 63.3 Å². The van der Waals surface area contributed by atoms with Crippen LogP contribution in [0.1, 0.15) is 41.1 Å². The van der Waals surface area contributed by atoms with E-state index in [1.807, 2.05) is 48.9 Å². The summed E-state index contributed by atoms with van der Waals surface area (Å²) < 4.78 is 3.39. The van der Waals surface area contributed by atoms with E-state index in [0.29, 0.717) is 12.2 Å². The lowest BCUT2D eigenvalue weighted by atomic mass is 9.97. The van der Waals surface area contributed by atoms with Gasteiger partial charge in [-0.3, -0.25) is 14.2 Å². The van der Waals surface area contributed by atoms with Gasteiger partial charge in [0, 0.05) is 23.5 Å². The lowest BCUT2D eigenvalue weighted by Crippen LogP contribution is -2.24. The van der Waals surface area contributed by atoms with E-state index < -0.39 is 0 Å². The van der Waals surface area contributed by atoms with Gasteiger partial charge in [-0.2, -0.15) is 5.10 Å². The van der Waals surface area contributed by atoms with Gasteiger partial charge in [0.25, 0.3) is 5.56 Å². The first-order valence-corrected chi connectivity index (χ1v) is 11.7. The number of nitrogens with one attached hydrogen (secondary N) is 1. The van der Waals surface area contributed by atoms with Gasteiger partial charge in [0.2, 0.25) is 5.91 Å². The van der Waals surface area contributed by atoms with Gasteiger partial charge < -0.3 is 5.32 Å². The van der Waals surface area contributed by atoms with E-state index in [9.17, 15) is 9.59 Å². The van der Waals surface area contributed by atoms with E-state index in [-0.39, 0.29) is 17.9 Å². The van der Waals surface area contributed by atoms with E-state index in [0.717, 1.165) is 46.6 Å². The lowest BCUT2D eigenvalue weighted by Gasteiger charge is -2.13. The molecule has 0 spiro atoms. The van der Waals surface area contributed by atoms with Crippen LogP contribution in [0.15, 0.2) is 41.5 Å². The van der Waals surface area contributed by atoms with Crippen LogP contribution in [-0.2, 0) is 24.2 Å². The Morgan fingerprint density at radius 1 is 1.19 bits per heavy atom. The van der Waals surface area contributed by atoms with Crippen LogP contribution in [0.2, 0.25) is 0 Å². The molecule has 1 aromatic carbocycles. The van der Waals surface area contributed by atoms with Crippen molar-refractivity contribution < 1.29 is 4.79 Å². The third-order valence-electron chi connectivity index (χ3n) is 5.94. The maximum absolute atomic E-state index is 13.1. The Bertz CT molecular complexity index is 1380. The summed E-state index contributed by atoms with van der Waals surface area (Å²) in [5.41, 5.74) is 4.56. The molecule has 0 saturated heterocycles. The van der Waals surface area contributed by atoms with Crippen LogP contribution in [0.4, 0.5) is 5.69 Å². The van der Waals surface area contributed by atoms with Crippen LogP contribution < -0.4 is 10.9 Å². The van der Waals surface area contributed by atoms with Gasteiger partial charge in [-0.25, -0.2) is 9.67 Å². The molecule has 3 heterocycles. The predicted octanol–water partition coefficient (Wildman–Crippen LogP) is 4.17. The molecular formula is C24H25N5O2S. The molecule has 4 aromatic rings. The molecule has 1 N–H and O–H groups in total. The minimum absolute atomic E-state index is 0.0368. The first kappa shape index (κ1) is 20.6. The minimum atomic E-state index is -0.154. The number of thiophene rings is 1. The Hall–Kier alpha value is -3.26. The molecule has 0 radical (unpaired) electrons. The summed E-state index contributed by atoms with van der Waals surface area (Å²) in [7, 11) is 0. The highest BCUT2D eigenvalue weighted by Gasteiger charge is 2.20. The predicted molar refractivity (Wildman–Crippen MR) is 127 cm³/mol. The number of fused-ring (bicyclic) bond motifs is 3. The van der Waals surface area contributed by atoms with Crippen LogP contribution in [-0.4, -0.2) is 25.2 Å². The Morgan fingerprint density at radius 3 is 2.81 bits per heavy atom. The molecule has 5 rings (SSSR count). The molecule has 1 aliphatic rings. The monoisotopic (exact) mass is 447 g/mol. The molecule has 164 valence electrons. The molecule has 7 nitrogen and oxygen atoms in total. The second-order valence-corrected chi connectivity index (χ2v) is 9.37. The molecule has 0 saturated carbocycles. The van der Waals surface area contributed by atoms with Crippen LogP contribution in [0.25, 0.3) is 15.9 Å². The second-order valence-electron chi connectivity index (χ2n) is 8.29. The van der Waals surface area contributed by atoms with Gasteiger partial charge in [-0.15, -0.1) is 11.3 Å². The van der Waals surface area contributed by atoms with Gasteiger partial charge in [-0.1, -0.05) is 12.1 Å². The van der Waals surface area contributed by atoms with Crippen molar-refractivity contribution in [3.8, 4) is 5.69 Å². The maximum atomic E-state index is 13.1. The molecule has 3 aromatic heterocycles. The molecular weight excluding hydrogens is 422 g/mol. The number of benzene rings is 1. The largest absolute Gasteiger partial charge is 0.324 e. The van der Waals surface area contributed by atoms with E-state index in [1.54, 1.807) is 22.2 Å². The van der Waals surface area contributed by atoms with Crippen molar-refractivity contribution in [1.29, 1.82) is 0 Å². The summed E-state index contributed by atoms with van der Waals surface area (Å²) in [6, 6.07) is 9.59. The molecule has 1 amide bonds. The van der Waals surface area contributed by atoms with Crippen molar-refractivity contribution in [2.75, 3.05) is 5.32 Å². The van der Waals surface area contributed by atoms with Crippen LogP contribution in [0, 0.1) is 13.8 Å². The number of aromatic nitrogens is 4. The highest BCUT2D eigenvalue weighted by atomic mass is 32.1. The minimum Gasteiger partial charge on any atom is -0.324 e. The molecule has 0 unspecified atom stereocenters. The zero-order valence-electron chi connectivity index (χ0n) is 18.2. The van der Waals surface area contributed by atoms with Crippen molar-refractivity contribution in [3.63, 3.8) is 0 Å². The Labute approximate surface area is 189 Å². The third-order valence-corrected chi connectivity index (χ3v) is 7.14. The third kappa shape index (κ3) is 3.75. The van der Waals surface area contributed by atoms with E-state index in [1.165, 1.54) is 16.9 Å². The summed E-state index contributed by atoms with van der Waals surface area (Å²) in [4.78, 5) is 32.5. The number of anilines is 1. The number of nitrogens with zero attached hydrogens (tertiary/aromatic N) is 4.